The Bertz CT molecular complexity index is 1120. The van der Waals surface area contributed by atoms with Gasteiger partial charge in [-0.1, -0.05) is 60.7 Å². The van der Waals surface area contributed by atoms with Gasteiger partial charge in [-0.15, -0.1) is 0 Å². The molecule has 3 heteroatoms. The van der Waals surface area contributed by atoms with Gasteiger partial charge in [0.15, 0.2) is 0 Å². The minimum absolute atomic E-state index is 0.729. The molecule has 2 heterocycles. The average molecular weight is 395 g/mol. The van der Waals surface area contributed by atoms with Gasteiger partial charge in [-0.25, -0.2) is 4.98 Å². The lowest BCUT2D eigenvalue weighted by Gasteiger charge is -2.15. The Morgan fingerprint density at radius 1 is 0.767 bits per heavy atom. The number of benzene rings is 3. The fraction of sp³-hybridized carbons (Fsp3) is 0.222. The molecule has 0 unspecified atom stereocenters. The smallest absolute Gasteiger partial charge is 0.120 e. The first-order valence-corrected chi connectivity index (χ1v) is 10.8. The summed E-state index contributed by atoms with van der Waals surface area (Å²) in [6.45, 7) is 4.13. The summed E-state index contributed by atoms with van der Waals surface area (Å²) in [5, 5.41) is 1.10. The summed E-state index contributed by atoms with van der Waals surface area (Å²) >= 11 is 0. The van der Waals surface area contributed by atoms with Crippen LogP contribution in [-0.4, -0.2) is 36.1 Å². The molecule has 3 aromatic carbocycles. The van der Waals surface area contributed by atoms with Crippen molar-refractivity contribution in [1.29, 1.82) is 0 Å². The molecule has 1 aromatic heterocycles. The van der Waals surface area contributed by atoms with Gasteiger partial charge >= 0.3 is 0 Å². The van der Waals surface area contributed by atoms with E-state index in [1.807, 2.05) is 18.2 Å². The third kappa shape index (κ3) is 4.07. The van der Waals surface area contributed by atoms with Crippen LogP contribution in [0.2, 0.25) is 0 Å². The van der Waals surface area contributed by atoms with E-state index in [1.165, 1.54) is 31.5 Å². The maximum Gasteiger partial charge on any atom is 0.120 e. The van der Waals surface area contributed by atoms with Crippen LogP contribution in [0.3, 0.4) is 0 Å². The van der Waals surface area contributed by atoms with Crippen LogP contribution >= 0.6 is 0 Å². The molecule has 1 aliphatic rings. The van der Waals surface area contributed by atoms with Crippen molar-refractivity contribution in [2.24, 2.45) is 0 Å². The summed E-state index contributed by atoms with van der Waals surface area (Å²) in [6, 6.07) is 29.4. The van der Waals surface area contributed by atoms with Gasteiger partial charge in [-0.3, -0.25) is 4.90 Å². The van der Waals surface area contributed by atoms with Crippen molar-refractivity contribution in [3.05, 3.63) is 84.9 Å². The summed E-state index contributed by atoms with van der Waals surface area (Å²) in [5.41, 5.74) is 5.44. The van der Waals surface area contributed by atoms with Crippen molar-refractivity contribution in [3.8, 4) is 28.1 Å². The molecule has 5 rings (SSSR count). The predicted molar refractivity (Wildman–Crippen MR) is 124 cm³/mol. The highest BCUT2D eigenvalue weighted by Crippen LogP contribution is 2.34. The molecule has 4 aromatic rings. The number of fused-ring (bicyclic) bond motifs is 1. The monoisotopic (exact) mass is 394 g/mol. The van der Waals surface area contributed by atoms with Crippen LogP contribution in [0.4, 0.5) is 0 Å². The molecule has 0 N–H and O–H groups in total. The van der Waals surface area contributed by atoms with Crippen LogP contribution < -0.4 is 4.74 Å². The summed E-state index contributed by atoms with van der Waals surface area (Å²) in [5.74, 6) is 0.912. The van der Waals surface area contributed by atoms with E-state index in [0.29, 0.717) is 0 Å². The largest absolute Gasteiger partial charge is 0.492 e. The van der Waals surface area contributed by atoms with E-state index in [4.69, 9.17) is 9.72 Å². The molecule has 1 fully saturated rings. The second kappa shape index (κ2) is 8.68. The van der Waals surface area contributed by atoms with Crippen molar-refractivity contribution >= 4 is 10.9 Å². The van der Waals surface area contributed by atoms with Crippen LogP contribution in [0.5, 0.6) is 5.75 Å². The highest BCUT2D eigenvalue weighted by atomic mass is 16.5. The molecule has 1 saturated heterocycles. The highest BCUT2D eigenvalue weighted by Gasteiger charge is 2.13. The van der Waals surface area contributed by atoms with E-state index in [9.17, 15) is 0 Å². The molecule has 1 aliphatic heterocycles. The van der Waals surface area contributed by atoms with Crippen LogP contribution in [-0.2, 0) is 0 Å². The molecular weight excluding hydrogens is 368 g/mol. The second-order valence-corrected chi connectivity index (χ2v) is 7.87. The maximum absolute atomic E-state index is 6.07. The minimum atomic E-state index is 0.729. The Hall–Kier alpha value is -3.17. The van der Waals surface area contributed by atoms with E-state index in [0.717, 1.165) is 46.6 Å². The number of hydrogen-bond acceptors (Lipinski definition) is 3. The number of ether oxygens (including phenoxy) is 1. The van der Waals surface area contributed by atoms with E-state index < -0.39 is 0 Å². The summed E-state index contributed by atoms with van der Waals surface area (Å²) in [7, 11) is 0. The zero-order valence-electron chi connectivity index (χ0n) is 17.1. The number of pyridine rings is 1. The van der Waals surface area contributed by atoms with Gasteiger partial charge < -0.3 is 4.74 Å². The highest BCUT2D eigenvalue weighted by molar-refractivity contribution is 5.92. The van der Waals surface area contributed by atoms with Gasteiger partial charge in [0.25, 0.3) is 0 Å². The van der Waals surface area contributed by atoms with Crippen molar-refractivity contribution in [1.82, 2.24) is 9.88 Å². The fourth-order valence-corrected chi connectivity index (χ4v) is 4.20. The third-order valence-corrected chi connectivity index (χ3v) is 5.79. The zero-order valence-corrected chi connectivity index (χ0v) is 17.1. The molecule has 0 saturated carbocycles. The number of nitrogens with zero attached hydrogens (tertiary/aromatic N) is 2. The number of likely N-dealkylation sites (tertiary alicyclic amines) is 1. The van der Waals surface area contributed by atoms with Crippen molar-refractivity contribution < 1.29 is 4.74 Å². The molecular formula is C27H26N2O. The Morgan fingerprint density at radius 2 is 1.47 bits per heavy atom. The molecule has 0 aliphatic carbocycles. The van der Waals surface area contributed by atoms with Crippen LogP contribution in [0.15, 0.2) is 84.9 Å². The number of hydrogen-bond donors (Lipinski definition) is 0. The van der Waals surface area contributed by atoms with Gasteiger partial charge in [0.05, 0.1) is 11.2 Å². The zero-order chi connectivity index (χ0) is 20.2. The normalized spacial score (nSPS) is 14.3. The molecule has 0 spiro atoms. The molecule has 30 heavy (non-hydrogen) atoms. The fourth-order valence-electron chi connectivity index (χ4n) is 4.20. The molecule has 0 amide bonds. The lowest BCUT2D eigenvalue weighted by Crippen LogP contribution is -2.25. The van der Waals surface area contributed by atoms with Crippen molar-refractivity contribution in [3.63, 3.8) is 0 Å². The third-order valence-electron chi connectivity index (χ3n) is 5.79. The topological polar surface area (TPSA) is 25.4 Å². The Morgan fingerprint density at radius 3 is 2.20 bits per heavy atom. The molecule has 0 radical (unpaired) electrons. The second-order valence-electron chi connectivity index (χ2n) is 7.87. The summed E-state index contributed by atoms with van der Waals surface area (Å²) in [6.07, 6.45) is 2.63. The lowest BCUT2D eigenvalue weighted by atomic mass is 9.97. The Labute approximate surface area is 178 Å². The van der Waals surface area contributed by atoms with Crippen molar-refractivity contribution in [2.45, 2.75) is 12.8 Å². The van der Waals surface area contributed by atoms with Gasteiger partial charge in [0.1, 0.15) is 12.4 Å². The van der Waals surface area contributed by atoms with Crippen LogP contribution in [0.25, 0.3) is 33.3 Å². The van der Waals surface area contributed by atoms with E-state index >= 15 is 0 Å². The minimum Gasteiger partial charge on any atom is -0.492 e. The van der Waals surface area contributed by atoms with Crippen molar-refractivity contribution in [2.75, 3.05) is 26.2 Å². The maximum atomic E-state index is 6.07. The summed E-state index contributed by atoms with van der Waals surface area (Å²) in [4.78, 5) is 7.52. The number of rotatable bonds is 6. The van der Waals surface area contributed by atoms with E-state index in [2.05, 4.69) is 71.6 Å². The van der Waals surface area contributed by atoms with E-state index in [1.54, 1.807) is 0 Å². The SMILES string of the molecule is c1ccc(-c2cc3cc(OCCN4CCCC4)ccc3nc2-c2ccccc2)cc1. The summed E-state index contributed by atoms with van der Waals surface area (Å²) < 4.78 is 6.07. The van der Waals surface area contributed by atoms with E-state index in [-0.39, 0.29) is 0 Å². The first-order chi connectivity index (χ1) is 14.9. The average Bonchev–Trinajstić information content (AvgIpc) is 3.33. The van der Waals surface area contributed by atoms with Gasteiger partial charge in [-0.2, -0.15) is 0 Å². The molecule has 3 nitrogen and oxygen atoms in total. The Balaban J connectivity index is 1.49. The molecule has 150 valence electrons. The van der Waals surface area contributed by atoms with Crippen LogP contribution in [0, 0.1) is 0 Å². The van der Waals surface area contributed by atoms with Gasteiger partial charge in [0, 0.05) is 23.1 Å². The Kier molecular flexibility index (Phi) is 5.45. The standard InChI is InChI=1S/C27H26N2O/c1-3-9-21(10-4-1)25-20-23-19-24(30-18-17-29-15-7-8-16-29)13-14-26(23)28-27(25)22-11-5-2-6-12-22/h1-6,9-14,19-20H,7-8,15-18H2. The van der Waals surface area contributed by atoms with Crippen LogP contribution in [0.1, 0.15) is 12.8 Å². The first kappa shape index (κ1) is 18.8. The quantitative estimate of drug-likeness (QED) is 0.398. The predicted octanol–water partition coefficient (Wildman–Crippen LogP) is 6.04. The van der Waals surface area contributed by atoms with Gasteiger partial charge in [0.2, 0.25) is 0 Å². The number of aromatic nitrogens is 1. The van der Waals surface area contributed by atoms with Gasteiger partial charge in [-0.05, 0) is 55.8 Å². The first-order valence-electron chi connectivity index (χ1n) is 10.8. The molecule has 0 atom stereocenters. The molecule has 0 bridgehead atoms. The lowest BCUT2D eigenvalue weighted by molar-refractivity contribution is 0.238.